The highest BCUT2D eigenvalue weighted by Gasteiger charge is 2.40. The van der Waals surface area contributed by atoms with E-state index in [1.54, 1.807) is 0 Å². The van der Waals surface area contributed by atoms with Crippen molar-refractivity contribution in [3.05, 3.63) is 70.2 Å². The number of hydrogen-bond acceptors (Lipinski definition) is 2. The third-order valence-corrected chi connectivity index (χ3v) is 6.67. The molecule has 3 nitrogen and oxygen atoms in total. The SMILES string of the molecule is O=C(NC(c1ccccc1)C1CCCC2CCCN21)c1cccc(C(F)(F)F)c1Cl. The monoisotopic (exact) mass is 436 g/mol. The average Bonchev–Trinajstić information content (AvgIpc) is 3.21. The Labute approximate surface area is 179 Å². The Hall–Kier alpha value is -2.05. The Morgan fingerprint density at radius 3 is 2.50 bits per heavy atom. The fraction of sp³-hybridized carbons (Fsp3) is 0.435. The van der Waals surface area contributed by atoms with Crippen molar-refractivity contribution < 1.29 is 18.0 Å². The lowest BCUT2D eigenvalue weighted by Gasteiger charge is -2.42. The lowest BCUT2D eigenvalue weighted by atomic mass is 9.88. The molecule has 1 N–H and O–H groups in total. The molecule has 0 bridgehead atoms. The quantitative estimate of drug-likeness (QED) is 0.652. The number of piperidine rings is 1. The third kappa shape index (κ3) is 4.21. The fourth-order valence-electron chi connectivity index (χ4n) is 4.90. The zero-order valence-corrected chi connectivity index (χ0v) is 17.2. The van der Waals surface area contributed by atoms with Crippen LogP contribution in [0.1, 0.15) is 59.6 Å². The number of rotatable bonds is 4. The molecule has 2 aliphatic heterocycles. The molecule has 4 rings (SSSR count). The van der Waals surface area contributed by atoms with E-state index in [2.05, 4.69) is 10.2 Å². The average molecular weight is 437 g/mol. The van der Waals surface area contributed by atoms with Gasteiger partial charge in [0.2, 0.25) is 0 Å². The Balaban J connectivity index is 1.65. The lowest BCUT2D eigenvalue weighted by Crippen LogP contribution is -2.50. The van der Waals surface area contributed by atoms with E-state index in [4.69, 9.17) is 11.6 Å². The van der Waals surface area contributed by atoms with Gasteiger partial charge in [-0.15, -0.1) is 0 Å². The summed E-state index contributed by atoms with van der Waals surface area (Å²) in [4.78, 5) is 15.5. The Morgan fingerprint density at radius 1 is 1.03 bits per heavy atom. The summed E-state index contributed by atoms with van der Waals surface area (Å²) in [5.74, 6) is -0.582. The summed E-state index contributed by atoms with van der Waals surface area (Å²) in [6.45, 7) is 0.985. The highest BCUT2D eigenvalue weighted by atomic mass is 35.5. The van der Waals surface area contributed by atoms with E-state index in [0.29, 0.717) is 6.04 Å². The van der Waals surface area contributed by atoms with Gasteiger partial charge >= 0.3 is 6.18 Å². The van der Waals surface area contributed by atoms with Crippen LogP contribution < -0.4 is 5.32 Å². The first-order chi connectivity index (χ1) is 14.4. The summed E-state index contributed by atoms with van der Waals surface area (Å²) in [6, 6.07) is 13.4. The Morgan fingerprint density at radius 2 is 1.77 bits per heavy atom. The number of halogens is 4. The van der Waals surface area contributed by atoms with Crippen LogP contribution in [-0.4, -0.2) is 29.4 Å². The molecular weight excluding hydrogens is 413 g/mol. The number of carbonyl (C=O) groups excluding carboxylic acids is 1. The third-order valence-electron chi connectivity index (χ3n) is 6.26. The van der Waals surface area contributed by atoms with Gasteiger partial charge in [-0.3, -0.25) is 9.69 Å². The van der Waals surface area contributed by atoms with Crippen molar-refractivity contribution in [1.82, 2.24) is 10.2 Å². The number of alkyl halides is 3. The molecule has 0 radical (unpaired) electrons. The molecule has 2 aromatic carbocycles. The van der Waals surface area contributed by atoms with Gasteiger partial charge in [-0.25, -0.2) is 0 Å². The molecule has 0 aromatic heterocycles. The molecule has 0 aliphatic carbocycles. The lowest BCUT2D eigenvalue weighted by molar-refractivity contribution is -0.137. The second-order valence-corrected chi connectivity index (χ2v) is 8.44. The molecule has 3 unspecified atom stereocenters. The summed E-state index contributed by atoms with van der Waals surface area (Å²) in [5, 5.41) is 2.46. The number of nitrogens with zero attached hydrogens (tertiary/aromatic N) is 1. The number of carbonyl (C=O) groups is 1. The van der Waals surface area contributed by atoms with Crippen LogP contribution in [0.25, 0.3) is 0 Å². The van der Waals surface area contributed by atoms with E-state index in [-0.39, 0.29) is 17.6 Å². The van der Waals surface area contributed by atoms with Crippen molar-refractivity contribution in [2.24, 2.45) is 0 Å². The van der Waals surface area contributed by atoms with Gasteiger partial charge in [0.05, 0.1) is 22.2 Å². The van der Waals surface area contributed by atoms with Crippen molar-refractivity contribution >= 4 is 17.5 Å². The van der Waals surface area contributed by atoms with E-state index in [9.17, 15) is 18.0 Å². The smallest absolute Gasteiger partial charge is 0.344 e. The number of benzene rings is 2. The van der Waals surface area contributed by atoms with Gasteiger partial charge in [-0.2, -0.15) is 13.2 Å². The maximum Gasteiger partial charge on any atom is 0.417 e. The number of hydrogen-bond donors (Lipinski definition) is 1. The molecular formula is C23H24ClF3N2O. The number of nitrogens with one attached hydrogen (secondary N) is 1. The van der Waals surface area contributed by atoms with E-state index < -0.39 is 22.7 Å². The molecule has 2 aliphatic rings. The van der Waals surface area contributed by atoms with Crippen molar-refractivity contribution in [3.8, 4) is 0 Å². The van der Waals surface area contributed by atoms with Gasteiger partial charge in [0.15, 0.2) is 0 Å². The standard InChI is InChI=1S/C23H24ClF3N2O/c24-20-17(11-5-12-18(20)23(25,26)27)22(30)28-21(15-7-2-1-3-8-15)19-13-4-9-16-10-6-14-29(16)19/h1-3,5,7-8,11-12,16,19,21H,4,6,9-10,13-14H2,(H,28,30). The van der Waals surface area contributed by atoms with E-state index in [1.807, 2.05) is 30.3 Å². The largest absolute Gasteiger partial charge is 0.417 e. The van der Waals surface area contributed by atoms with E-state index in [0.717, 1.165) is 50.3 Å². The van der Waals surface area contributed by atoms with Crippen LogP contribution in [0.3, 0.4) is 0 Å². The van der Waals surface area contributed by atoms with Crippen LogP contribution in [-0.2, 0) is 6.18 Å². The van der Waals surface area contributed by atoms with Crippen LogP contribution >= 0.6 is 11.6 Å². The number of amides is 1. The molecule has 2 fully saturated rings. The summed E-state index contributed by atoms with van der Waals surface area (Å²) < 4.78 is 39.7. The second-order valence-electron chi connectivity index (χ2n) is 8.06. The summed E-state index contributed by atoms with van der Waals surface area (Å²) in [6.07, 6.45) is 0.854. The first-order valence-corrected chi connectivity index (χ1v) is 10.7. The van der Waals surface area contributed by atoms with Crippen LogP contribution in [0.5, 0.6) is 0 Å². The molecule has 2 saturated heterocycles. The van der Waals surface area contributed by atoms with Crippen molar-refractivity contribution in [1.29, 1.82) is 0 Å². The summed E-state index contributed by atoms with van der Waals surface area (Å²) in [7, 11) is 0. The van der Waals surface area contributed by atoms with Crippen LogP contribution in [0.2, 0.25) is 5.02 Å². The van der Waals surface area contributed by atoms with Gasteiger partial charge < -0.3 is 5.32 Å². The maximum absolute atomic E-state index is 13.2. The predicted octanol–water partition coefficient (Wildman–Crippen LogP) is 5.85. The minimum atomic E-state index is -4.61. The minimum absolute atomic E-state index is 0.113. The van der Waals surface area contributed by atoms with Crippen LogP contribution in [0, 0.1) is 0 Å². The van der Waals surface area contributed by atoms with Crippen molar-refractivity contribution in [3.63, 3.8) is 0 Å². The van der Waals surface area contributed by atoms with Crippen LogP contribution in [0.4, 0.5) is 13.2 Å². The second kappa shape index (κ2) is 8.60. The van der Waals surface area contributed by atoms with Gasteiger partial charge in [0.25, 0.3) is 5.91 Å². The topological polar surface area (TPSA) is 32.3 Å². The molecule has 1 amide bonds. The maximum atomic E-state index is 13.2. The fourth-order valence-corrected chi connectivity index (χ4v) is 5.22. The minimum Gasteiger partial charge on any atom is -0.344 e. The molecule has 0 spiro atoms. The van der Waals surface area contributed by atoms with Gasteiger partial charge in [0, 0.05) is 12.1 Å². The highest BCUT2D eigenvalue weighted by Crippen LogP contribution is 2.38. The molecule has 30 heavy (non-hydrogen) atoms. The summed E-state index contributed by atoms with van der Waals surface area (Å²) in [5.41, 5.74) is -0.196. The Bertz CT molecular complexity index is 903. The van der Waals surface area contributed by atoms with Gasteiger partial charge in [0.1, 0.15) is 0 Å². The van der Waals surface area contributed by atoms with Gasteiger partial charge in [-0.05, 0) is 49.9 Å². The van der Waals surface area contributed by atoms with E-state index >= 15 is 0 Å². The molecule has 7 heteroatoms. The summed E-state index contributed by atoms with van der Waals surface area (Å²) >= 11 is 6.00. The highest BCUT2D eigenvalue weighted by molar-refractivity contribution is 6.34. The predicted molar refractivity (Wildman–Crippen MR) is 110 cm³/mol. The zero-order valence-electron chi connectivity index (χ0n) is 16.5. The molecule has 3 atom stereocenters. The normalized spacial score (nSPS) is 23.1. The first kappa shape index (κ1) is 21.2. The van der Waals surface area contributed by atoms with E-state index in [1.165, 1.54) is 12.1 Å². The zero-order chi connectivity index (χ0) is 21.3. The van der Waals surface area contributed by atoms with Crippen molar-refractivity contribution in [2.75, 3.05) is 6.54 Å². The Kier molecular flexibility index (Phi) is 6.07. The van der Waals surface area contributed by atoms with Gasteiger partial charge in [-0.1, -0.05) is 54.4 Å². The first-order valence-electron chi connectivity index (χ1n) is 10.3. The molecule has 0 saturated carbocycles. The van der Waals surface area contributed by atoms with Crippen molar-refractivity contribution in [2.45, 2.75) is 56.4 Å². The van der Waals surface area contributed by atoms with Crippen LogP contribution in [0.15, 0.2) is 48.5 Å². The molecule has 160 valence electrons. The molecule has 2 aromatic rings. The number of fused-ring (bicyclic) bond motifs is 1. The molecule has 2 heterocycles.